The van der Waals surface area contributed by atoms with Crippen LogP contribution in [0.15, 0.2) is 16.8 Å². The maximum absolute atomic E-state index is 10.9. The van der Waals surface area contributed by atoms with E-state index in [1.54, 1.807) is 20.0 Å². The van der Waals surface area contributed by atoms with Crippen molar-refractivity contribution in [1.29, 1.82) is 0 Å². The van der Waals surface area contributed by atoms with Gasteiger partial charge in [0.15, 0.2) is 0 Å². The Bertz CT molecular complexity index is 1020. The van der Waals surface area contributed by atoms with Gasteiger partial charge in [0.05, 0.1) is 22.5 Å². The lowest BCUT2D eigenvalue weighted by Crippen LogP contribution is -2.59. The quantitative estimate of drug-likeness (QED) is 0.713. The normalized spacial score (nSPS) is 33.9. The second kappa shape index (κ2) is 6.14. The van der Waals surface area contributed by atoms with E-state index in [0.29, 0.717) is 29.7 Å². The first-order chi connectivity index (χ1) is 14.3. The van der Waals surface area contributed by atoms with Crippen molar-refractivity contribution < 1.29 is 14.7 Å². The van der Waals surface area contributed by atoms with Gasteiger partial charge in [0.25, 0.3) is 5.89 Å². The lowest BCUT2D eigenvalue weighted by Gasteiger charge is -2.58. The molecule has 0 aromatic carbocycles. The van der Waals surface area contributed by atoms with Crippen LogP contribution in [0.4, 0.5) is 5.69 Å². The number of nitrogens with zero attached hydrogens (tertiary/aromatic N) is 3. The smallest absolute Gasteiger partial charge is 0.261 e. The van der Waals surface area contributed by atoms with E-state index in [0.717, 1.165) is 48.2 Å². The fourth-order valence-electron chi connectivity index (χ4n) is 6.48. The molecule has 3 unspecified atom stereocenters. The Morgan fingerprint density at radius 3 is 2.63 bits per heavy atom. The topological polar surface area (TPSA) is 104 Å². The Kier molecular flexibility index (Phi) is 3.79. The Balaban J connectivity index is 1.39. The number of hydrogen-bond donors (Lipinski definition) is 3. The average molecular weight is 409 g/mol. The molecule has 4 fully saturated rings. The first kappa shape index (κ1) is 18.5. The zero-order valence-electron chi connectivity index (χ0n) is 17.4. The van der Waals surface area contributed by atoms with E-state index < -0.39 is 11.2 Å². The number of fused-ring (bicyclic) bond motifs is 1. The number of allylic oxidation sites excluding steroid dienone is 1. The highest BCUT2D eigenvalue weighted by molar-refractivity contribution is 5.83. The van der Waals surface area contributed by atoms with Crippen LogP contribution in [0.3, 0.4) is 0 Å². The minimum absolute atomic E-state index is 0.260. The van der Waals surface area contributed by atoms with Crippen LogP contribution in [-0.4, -0.2) is 37.0 Å². The molecule has 30 heavy (non-hydrogen) atoms. The molecule has 2 aromatic rings. The van der Waals surface area contributed by atoms with E-state index in [1.165, 1.54) is 12.8 Å². The molecule has 0 radical (unpaired) electrons. The standard InChI is InChI=1S/C23H28N4O3/c1-22(2,28)21-26-20(30-27-21)16-11-24-17-5-3-4-15(17)19(16)25-18-13-6-12-7-14(18)10-23(29,8-12)9-13/h3-4,11-14,18,28-29H,5-10H2,1-2H3,(H,24,25)/t12?,13-,14+,18?,23?. The van der Waals surface area contributed by atoms with Gasteiger partial charge in [-0.25, -0.2) is 0 Å². The molecule has 2 heterocycles. The third-order valence-electron chi connectivity index (χ3n) is 7.55. The number of rotatable bonds is 4. The molecule has 0 saturated heterocycles. The summed E-state index contributed by atoms with van der Waals surface area (Å²) in [6, 6.07) is 0.331. The number of aliphatic hydroxyl groups is 2. The van der Waals surface area contributed by atoms with E-state index in [1.807, 2.05) is 0 Å². The number of pyridine rings is 1. The third kappa shape index (κ3) is 2.82. The van der Waals surface area contributed by atoms with Crippen LogP contribution >= 0.6 is 0 Å². The predicted molar refractivity (Wildman–Crippen MR) is 111 cm³/mol. The second-order valence-electron chi connectivity index (χ2n) is 10.4. The van der Waals surface area contributed by atoms with Crippen molar-refractivity contribution in [2.75, 3.05) is 5.32 Å². The molecule has 5 aliphatic carbocycles. The van der Waals surface area contributed by atoms with Gasteiger partial charge in [-0.2, -0.15) is 4.98 Å². The summed E-state index contributed by atoms with van der Waals surface area (Å²) in [7, 11) is 0. The average Bonchev–Trinajstić information content (AvgIpc) is 3.32. The zero-order valence-corrected chi connectivity index (χ0v) is 17.4. The van der Waals surface area contributed by atoms with Crippen molar-refractivity contribution in [2.24, 2.45) is 17.8 Å². The van der Waals surface area contributed by atoms with E-state index >= 15 is 0 Å². The van der Waals surface area contributed by atoms with E-state index in [4.69, 9.17) is 4.52 Å². The van der Waals surface area contributed by atoms with Crippen LogP contribution in [0.1, 0.15) is 63.0 Å². The minimum atomic E-state index is -1.17. The molecular formula is C23H28N4O3. The summed E-state index contributed by atoms with van der Waals surface area (Å²) >= 11 is 0. The number of aromatic nitrogens is 3. The molecule has 158 valence electrons. The minimum Gasteiger partial charge on any atom is -0.390 e. The fraction of sp³-hybridized carbons (Fsp3) is 0.609. The van der Waals surface area contributed by atoms with Gasteiger partial charge in [-0.1, -0.05) is 17.3 Å². The predicted octanol–water partition coefficient (Wildman–Crippen LogP) is 3.28. The van der Waals surface area contributed by atoms with Crippen molar-refractivity contribution in [3.05, 3.63) is 29.4 Å². The summed E-state index contributed by atoms with van der Waals surface area (Å²) in [5.74, 6) is 2.26. The first-order valence-corrected chi connectivity index (χ1v) is 11.0. The highest BCUT2D eigenvalue weighted by Crippen LogP contribution is 2.56. The van der Waals surface area contributed by atoms with Crippen LogP contribution in [0.5, 0.6) is 0 Å². The SMILES string of the molecule is CC(C)(O)c1noc(-c2cnc3c(c2NC2[C@@H]4CC5C[C@H]2CC(O)(C5)C4)C=CC3)n1. The highest BCUT2D eigenvalue weighted by atomic mass is 16.5. The largest absolute Gasteiger partial charge is 0.390 e. The Hall–Kier alpha value is -2.25. The maximum Gasteiger partial charge on any atom is 0.261 e. The molecule has 4 bridgehead atoms. The summed E-state index contributed by atoms with van der Waals surface area (Å²) in [4.78, 5) is 9.09. The molecule has 5 atom stereocenters. The number of anilines is 1. The van der Waals surface area contributed by atoms with Crippen molar-refractivity contribution in [3.63, 3.8) is 0 Å². The van der Waals surface area contributed by atoms with Gasteiger partial charge in [-0.3, -0.25) is 4.98 Å². The van der Waals surface area contributed by atoms with Gasteiger partial charge in [-0.15, -0.1) is 0 Å². The third-order valence-corrected chi connectivity index (χ3v) is 7.55. The molecule has 2 aromatic heterocycles. The molecule has 7 nitrogen and oxygen atoms in total. The lowest BCUT2D eigenvalue weighted by atomic mass is 9.52. The van der Waals surface area contributed by atoms with Crippen molar-refractivity contribution in [2.45, 2.75) is 69.6 Å². The fourth-order valence-corrected chi connectivity index (χ4v) is 6.48. The molecular weight excluding hydrogens is 380 g/mol. The highest BCUT2D eigenvalue weighted by Gasteiger charge is 2.54. The van der Waals surface area contributed by atoms with E-state index in [9.17, 15) is 10.2 Å². The molecule has 7 rings (SSSR count). The molecule has 5 aliphatic rings. The first-order valence-electron chi connectivity index (χ1n) is 11.0. The van der Waals surface area contributed by atoms with Crippen LogP contribution in [0.2, 0.25) is 0 Å². The van der Waals surface area contributed by atoms with Gasteiger partial charge in [0, 0.05) is 24.2 Å². The van der Waals surface area contributed by atoms with Gasteiger partial charge >= 0.3 is 0 Å². The van der Waals surface area contributed by atoms with Crippen LogP contribution in [0.25, 0.3) is 17.5 Å². The Morgan fingerprint density at radius 1 is 1.20 bits per heavy atom. The number of nitrogens with one attached hydrogen (secondary N) is 1. The van der Waals surface area contributed by atoms with Crippen LogP contribution in [-0.2, 0) is 12.0 Å². The summed E-state index contributed by atoms with van der Waals surface area (Å²) in [5.41, 5.74) is 2.27. The summed E-state index contributed by atoms with van der Waals surface area (Å²) in [6.45, 7) is 3.29. The molecule has 0 aliphatic heterocycles. The van der Waals surface area contributed by atoms with Gasteiger partial charge in [-0.05, 0) is 63.7 Å². The van der Waals surface area contributed by atoms with Crippen molar-refractivity contribution >= 4 is 11.8 Å². The second-order valence-corrected chi connectivity index (χ2v) is 10.4. The molecule has 3 N–H and O–H groups in total. The van der Waals surface area contributed by atoms with E-state index in [-0.39, 0.29) is 5.82 Å². The molecule has 0 amide bonds. The summed E-state index contributed by atoms with van der Waals surface area (Å²) in [5, 5.41) is 29.0. The van der Waals surface area contributed by atoms with Crippen LogP contribution < -0.4 is 5.32 Å². The van der Waals surface area contributed by atoms with Crippen LogP contribution in [0, 0.1) is 17.8 Å². The number of hydrogen-bond acceptors (Lipinski definition) is 7. The van der Waals surface area contributed by atoms with Crippen molar-refractivity contribution in [1.82, 2.24) is 15.1 Å². The summed E-state index contributed by atoms with van der Waals surface area (Å²) in [6.07, 6.45) is 12.0. The van der Waals surface area contributed by atoms with Gasteiger partial charge in [0.2, 0.25) is 5.82 Å². The molecule has 7 heteroatoms. The van der Waals surface area contributed by atoms with Gasteiger partial charge in [0.1, 0.15) is 5.60 Å². The summed E-state index contributed by atoms with van der Waals surface area (Å²) < 4.78 is 5.54. The Labute approximate surface area is 175 Å². The Morgan fingerprint density at radius 2 is 1.97 bits per heavy atom. The molecule has 4 saturated carbocycles. The molecule has 0 spiro atoms. The maximum atomic E-state index is 10.9. The lowest BCUT2D eigenvalue weighted by molar-refractivity contribution is -0.129. The van der Waals surface area contributed by atoms with E-state index in [2.05, 4.69) is 32.6 Å². The van der Waals surface area contributed by atoms with Crippen molar-refractivity contribution in [3.8, 4) is 11.5 Å². The monoisotopic (exact) mass is 408 g/mol. The van der Waals surface area contributed by atoms with Gasteiger partial charge < -0.3 is 20.1 Å². The zero-order chi connectivity index (χ0) is 20.7.